The average Bonchev–Trinajstić information content (AvgIpc) is 2.28. The van der Waals surface area contributed by atoms with Crippen molar-refractivity contribution in [1.82, 2.24) is 5.32 Å². The van der Waals surface area contributed by atoms with Gasteiger partial charge in [-0.15, -0.1) is 0 Å². The summed E-state index contributed by atoms with van der Waals surface area (Å²) >= 11 is 0. The fourth-order valence-corrected chi connectivity index (χ4v) is 1.31. The molecule has 0 heterocycles. The van der Waals surface area contributed by atoms with Gasteiger partial charge < -0.3 is 15.5 Å². The zero-order chi connectivity index (χ0) is 13.0. The lowest BCUT2D eigenvalue weighted by Gasteiger charge is -2.05. The highest BCUT2D eigenvalue weighted by Gasteiger charge is 2.18. The third-order valence-corrected chi connectivity index (χ3v) is 2.08. The van der Waals surface area contributed by atoms with Crippen molar-refractivity contribution in [2.24, 2.45) is 0 Å². The number of amides is 1. The van der Waals surface area contributed by atoms with E-state index in [1.807, 2.05) is 0 Å². The van der Waals surface area contributed by atoms with Gasteiger partial charge in [-0.25, -0.2) is 9.59 Å². The summed E-state index contributed by atoms with van der Waals surface area (Å²) in [6.07, 6.45) is 0. The summed E-state index contributed by atoms with van der Waals surface area (Å²) in [5.41, 5.74) is -0.624. The first-order valence-electron chi connectivity index (χ1n) is 4.86. The lowest BCUT2D eigenvalue weighted by molar-refractivity contribution is 0.0651. The highest BCUT2D eigenvalue weighted by Crippen LogP contribution is 2.12. The minimum absolute atomic E-state index is 0.120. The Hall–Kier alpha value is -2.37. The molecule has 0 aliphatic rings. The highest BCUT2D eigenvalue weighted by molar-refractivity contribution is 6.04. The van der Waals surface area contributed by atoms with E-state index in [0.717, 1.165) is 12.1 Å². The van der Waals surface area contributed by atoms with Crippen molar-refractivity contribution in [1.29, 1.82) is 0 Å². The van der Waals surface area contributed by atoms with Gasteiger partial charge in [0.1, 0.15) is 0 Å². The van der Waals surface area contributed by atoms with E-state index in [2.05, 4.69) is 5.32 Å². The highest BCUT2D eigenvalue weighted by atomic mass is 16.4. The number of aromatic carboxylic acids is 2. The molecular formula is C11H11NO5. The van der Waals surface area contributed by atoms with Crippen molar-refractivity contribution < 1.29 is 24.6 Å². The van der Waals surface area contributed by atoms with Crippen molar-refractivity contribution in [3.8, 4) is 0 Å². The van der Waals surface area contributed by atoms with Crippen LogP contribution in [0.4, 0.5) is 0 Å². The minimum atomic E-state index is -1.38. The molecule has 0 atom stereocenters. The molecule has 0 radical (unpaired) electrons. The van der Waals surface area contributed by atoms with Crippen LogP contribution in [0.15, 0.2) is 18.2 Å². The normalized spacial score (nSPS) is 9.71. The maximum Gasteiger partial charge on any atom is 0.336 e. The molecule has 0 fully saturated rings. The Kier molecular flexibility index (Phi) is 3.82. The Morgan fingerprint density at radius 3 is 2.18 bits per heavy atom. The van der Waals surface area contributed by atoms with E-state index in [9.17, 15) is 14.4 Å². The number of carboxylic acids is 2. The van der Waals surface area contributed by atoms with Gasteiger partial charge >= 0.3 is 11.9 Å². The van der Waals surface area contributed by atoms with Crippen LogP contribution in [0.5, 0.6) is 0 Å². The summed E-state index contributed by atoms with van der Waals surface area (Å²) < 4.78 is 0. The Balaban J connectivity index is 3.23. The van der Waals surface area contributed by atoms with Gasteiger partial charge in [-0.1, -0.05) is 0 Å². The molecule has 0 saturated carbocycles. The molecule has 0 spiro atoms. The monoisotopic (exact) mass is 237 g/mol. The van der Waals surface area contributed by atoms with Crippen molar-refractivity contribution in [2.45, 2.75) is 6.92 Å². The van der Waals surface area contributed by atoms with Crippen LogP contribution in [0.25, 0.3) is 0 Å². The van der Waals surface area contributed by atoms with E-state index < -0.39 is 23.4 Å². The first-order chi connectivity index (χ1) is 7.97. The molecule has 0 aliphatic carbocycles. The number of rotatable bonds is 4. The zero-order valence-corrected chi connectivity index (χ0v) is 9.06. The molecule has 17 heavy (non-hydrogen) atoms. The summed E-state index contributed by atoms with van der Waals surface area (Å²) in [7, 11) is 0. The molecular weight excluding hydrogens is 226 g/mol. The Morgan fingerprint density at radius 1 is 1.12 bits per heavy atom. The van der Waals surface area contributed by atoms with Crippen molar-refractivity contribution >= 4 is 17.8 Å². The molecule has 0 saturated heterocycles. The third-order valence-electron chi connectivity index (χ3n) is 2.08. The number of carbonyl (C=O) groups is 3. The maximum absolute atomic E-state index is 11.4. The standard InChI is InChI=1S/C11H11NO5/c1-2-12-9(13)6-3-4-7(10(14)15)8(5-6)11(16)17/h3-5H,2H2,1H3,(H,12,13)(H,14,15)(H,16,17). The number of carboxylic acid groups (broad SMARTS) is 2. The molecule has 1 aromatic rings. The van der Waals surface area contributed by atoms with Crippen molar-refractivity contribution in [3.63, 3.8) is 0 Å². The average molecular weight is 237 g/mol. The van der Waals surface area contributed by atoms with E-state index >= 15 is 0 Å². The molecule has 0 bridgehead atoms. The van der Waals surface area contributed by atoms with E-state index in [-0.39, 0.29) is 11.1 Å². The Labute approximate surface area is 96.9 Å². The molecule has 6 heteroatoms. The summed E-state index contributed by atoms with van der Waals surface area (Å²) in [5.74, 6) is -3.16. The molecule has 1 amide bonds. The van der Waals surface area contributed by atoms with Gasteiger partial charge in [0.15, 0.2) is 0 Å². The van der Waals surface area contributed by atoms with E-state index in [4.69, 9.17) is 10.2 Å². The summed E-state index contributed by atoms with van der Waals surface area (Å²) in [5, 5.41) is 20.1. The molecule has 0 aliphatic heterocycles. The van der Waals surface area contributed by atoms with Gasteiger partial charge in [-0.2, -0.15) is 0 Å². The van der Waals surface area contributed by atoms with Crippen molar-refractivity contribution in [3.05, 3.63) is 34.9 Å². The molecule has 90 valence electrons. The van der Waals surface area contributed by atoms with Crippen LogP contribution in [-0.4, -0.2) is 34.6 Å². The predicted octanol–water partition coefficient (Wildman–Crippen LogP) is 0.833. The number of nitrogens with one attached hydrogen (secondary N) is 1. The fourth-order valence-electron chi connectivity index (χ4n) is 1.31. The van der Waals surface area contributed by atoms with Crippen LogP contribution in [-0.2, 0) is 0 Å². The molecule has 1 aromatic carbocycles. The van der Waals surface area contributed by atoms with Crippen molar-refractivity contribution in [2.75, 3.05) is 6.54 Å². The summed E-state index contributed by atoms with van der Waals surface area (Å²) in [6.45, 7) is 2.13. The molecule has 0 unspecified atom stereocenters. The quantitative estimate of drug-likeness (QED) is 0.719. The smallest absolute Gasteiger partial charge is 0.336 e. The second-order valence-electron chi connectivity index (χ2n) is 3.23. The van der Waals surface area contributed by atoms with Gasteiger partial charge in [0, 0.05) is 12.1 Å². The molecule has 6 nitrogen and oxygen atoms in total. The molecule has 0 aromatic heterocycles. The van der Waals surface area contributed by atoms with Crippen LogP contribution in [0.3, 0.4) is 0 Å². The van der Waals surface area contributed by atoms with Gasteiger partial charge in [-0.05, 0) is 25.1 Å². The SMILES string of the molecule is CCNC(=O)c1ccc(C(=O)O)c(C(=O)O)c1. The molecule has 3 N–H and O–H groups in total. The van der Waals surface area contributed by atoms with Gasteiger partial charge in [-0.3, -0.25) is 4.79 Å². The van der Waals surface area contributed by atoms with E-state index in [1.54, 1.807) is 6.92 Å². The van der Waals surface area contributed by atoms with Crippen LogP contribution >= 0.6 is 0 Å². The number of benzene rings is 1. The minimum Gasteiger partial charge on any atom is -0.478 e. The summed E-state index contributed by atoms with van der Waals surface area (Å²) in [4.78, 5) is 33.1. The van der Waals surface area contributed by atoms with Gasteiger partial charge in [0.25, 0.3) is 5.91 Å². The Morgan fingerprint density at radius 2 is 1.71 bits per heavy atom. The zero-order valence-electron chi connectivity index (χ0n) is 9.06. The number of hydrogen-bond acceptors (Lipinski definition) is 3. The van der Waals surface area contributed by atoms with Crippen LogP contribution in [0, 0.1) is 0 Å². The van der Waals surface area contributed by atoms with Crippen LogP contribution < -0.4 is 5.32 Å². The topological polar surface area (TPSA) is 104 Å². The molecule has 1 rings (SSSR count). The predicted molar refractivity (Wildman–Crippen MR) is 58.4 cm³/mol. The fraction of sp³-hybridized carbons (Fsp3) is 0.182. The Bertz CT molecular complexity index is 481. The summed E-state index contributed by atoms with van der Waals surface area (Å²) in [6, 6.07) is 3.44. The lowest BCUT2D eigenvalue weighted by Crippen LogP contribution is -2.23. The third kappa shape index (κ3) is 2.81. The van der Waals surface area contributed by atoms with Crippen LogP contribution in [0.2, 0.25) is 0 Å². The van der Waals surface area contributed by atoms with Gasteiger partial charge in [0.05, 0.1) is 11.1 Å². The van der Waals surface area contributed by atoms with Crippen LogP contribution in [0.1, 0.15) is 38.0 Å². The number of carbonyl (C=O) groups excluding carboxylic acids is 1. The first-order valence-corrected chi connectivity index (χ1v) is 4.86. The van der Waals surface area contributed by atoms with E-state index in [1.165, 1.54) is 6.07 Å². The van der Waals surface area contributed by atoms with E-state index in [0.29, 0.717) is 6.54 Å². The maximum atomic E-state index is 11.4. The first kappa shape index (κ1) is 12.7. The largest absolute Gasteiger partial charge is 0.478 e. The van der Waals surface area contributed by atoms with Gasteiger partial charge in [0.2, 0.25) is 0 Å². The lowest BCUT2D eigenvalue weighted by atomic mass is 10.0. The second kappa shape index (κ2) is 5.11. The number of hydrogen-bond donors (Lipinski definition) is 3. The second-order valence-corrected chi connectivity index (χ2v) is 3.23.